The van der Waals surface area contributed by atoms with Crippen LogP contribution in [0.25, 0.3) is 17.3 Å². The molecular formula is C37H33FN4O5S2. The molecule has 1 aromatic heterocycles. The maximum atomic E-state index is 14.5. The van der Waals surface area contributed by atoms with Crippen LogP contribution in [-0.4, -0.2) is 42.2 Å². The minimum atomic E-state index is -0.645. The number of hydrogen-bond acceptors (Lipinski definition) is 8. The van der Waals surface area contributed by atoms with Gasteiger partial charge in [-0.1, -0.05) is 49.4 Å². The minimum Gasteiger partial charge on any atom is -0.493 e. The number of carbonyl (C=O) groups is 3. The van der Waals surface area contributed by atoms with Crippen LogP contribution in [0.2, 0.25) is 0 Å². The molecule has 4 aromatic carbocycles. The van der Waals surface area contributed by atoms with Gasteiger partial charge in [-0.25, -0.2) is 9.37 Å². The predicted molar refractivity (Wildman–Crippen MR) is 193 cm³/mol. The SMILES string of the molecule is CCC(Sc1cccc(NC(=O)/C(=C/c2ccccc2F)NC(=O)c2ccccc2)c1)C(=O)Nc1nc(-c2ccc(OC)c(OC)c2)cs1. The van der Waals surface area contributed by atoms with Crippen LogP contribution in [0, 0.1) is 5.82 Å². The molecule has 0 saturated heterocycles. The Bertz CT molecular complexity index is 1980. The van der Waals surface area contributed by atoms with E-state index in [4.69, 9.17) is 9.47 Å². The summed E-state index contributed by atoms with van der Waals surface area (Å²) in [6.45, 7) is 1.91. The molecule has 0 bridgehead atoms. The lowest BCUT2D eigenvalue weighted by atomic mass is 10.1. The number of aromatic nitrogens is 1. The third-order valence-corrected chi connectivity index (χ3v) is 9.30. The van der Waals surface area contributed by atoms with Crippen molar-refractivity contribution in [2.24, 2.45) is 0 Å². The van der Waals surface area contributed by atoms with E-state index >= 15 is 0 Å². The van der Waals surface area contributed by atoms with Gasteiger partial charge in [0.2, 0.25) is 5.91 Å². The quantitative estimate of drug-likeness (QED) is 0.0847. The Balaban J connectivity index is 1.27. The van der Waals surface area contributed by atoms with Gasteiger partial charge in [0.25, 0.3) is 11.8 Å². The summed E-state index contributed by atoms with van der Waals surface area (Å²) in [5.41, 5.74) is 2.27. The second kappa shape index (κ2) is 16.6. The Morgan fingerprint density at radius 3 is 2.39 bits per heavy atom. The van der Waals surface area contributed by atoms with E-state index in [9.17, 15) is 18.8 Å². The van der Waals surface area contributed by atoms with E-state index in [1.165, 1.54) is 47.4 Å². The normalized spacial score (nSPS) is 11.7. The maximum Gasteiger partial charge on any atom is 0.272 e. The summed E-state index contributed by atoms with van der Waals surface area (Å²) in [4.78, 5) is 45.0. The fraction of sp³-hybridized carbons (Fsp3) is 0.135. The van der Waals surface area contributed by atoms with Gasteiger partial charge in [0.15, 0.2) is 16.6 Å². The van der Waals surface area contributed by atoms with Crippen molar-refractivity contribution in [1.29, 1.82) is 0 Å². The zero-order valence-corrected chi connectivity index (χ0v) is 28.5. The van der Waals surface area contributed by atoms with Crippen molar-refractivity contribution in [3.8, 4) is 22.8 Å². The monoisotopic (exact) mass is 696 g/mol. The van der Waals surface area contributed by atoms with E-state index in [0.29, 0.717) is 40.0 Å². The first kappa shape index (κ1) is 34.9. The first-order chi connectivity index (χ1) is 23.8. The summed E-state index contributed by atoms with van der Waals surface area (Å²) in [5.74, 6) is -0.735. The Morgan fingerprint density at radius 1 is 0.898 bits per heavy atom. The fourth-order valence-electron chi connectivity index (χ4n) is 4.67. The van der Waals surface area contributed by atoms with Crippen LogP contribution in [0.4, 0.5) is 15.2 Å². The van der Waals surface area contributed by atoms with E-state index in [1.807, 2.05) is 30.5 Å². The summed E-state index contributed by atoms with van der Waals surface area (Å²) in [6, 6.07) is 26.9. The molecule has 0 fully saturated rings. The van der Waals surface area contributed by atoms with E-state index in [1.54, 1.807) is 74.9 Å². The molecule has 0 aliphatic heterocycles. The number of amides is 3. The molecule has 3 N–H and O–H groups in total. The van der Waals surface area contributed by atoms with Crippen molar-refractivity contribution in [1.82, 2.24) is 10.3 Å². The molecule has 9 nitrogen and oxygen atoms in total. The van der Waals surface area contributed by atoms with Crippen LogP contribution in [0.3, 0.4) is 0 Å². The molecule has 0 saturated carbocycles. The minimum absolute atomic E-state index is 0.137. The number of nitrogens with zero attached hydrogens (tertiary/aromatic N) is 1. The summed E-state index contributed by atoms with van der Waals surface area (Å²) < 4.78 is 25.2. The zero-order chi connectivity index (χ0) is 34.8. The standard InChI is InChI=1S/C37H33FN4O5S2/c1-4-33(36(45)42-37-41-30(22-48-37)25-17-18-31(46-2)32(20-25)47-3)49-27-15-10-14-26(21-27)39-35(44)29(19-24-13-8-9-16-28(24)38)40-34(43)23-11-6-5-7-12-23/h5-22,33H,4H2,1-3H3,(H,39,44)(H,40,43)(H,41,42,45)/b29-19-. The van der Waals surface area contributed by atoms with Crippen LogP contribution in [-0.2, 0) is 9.59 Å². The summed E-state index contributed by atoms with van der Waals surface area (Å²) in [5, 5.41) is 10.2. The number of rotatable bonds is 13. The first-order valence-electron chi connectivity index (χ1n) is 15.2. The molecule has 0 spiro atoms. The number of benzene rings is 4. The summed E-state index contributed by atoms with van der Waals surface area (Å²) in [6.07, 6.45) is 1.82. The second-order valence-electron chi connectivity index (χ2n) is 10.5. The number of thioether (sulfide) groups is 1. The smallest absolute Gasteiger partial charge is 0.272 e. The number of nitrogens with one attached hydrogen (secondary N) is 3. The van der Waals surface area contributed by atoms with Crippen LogP contribution >= 0.6 is 23.1 Å². The molecule has 1 atom stereocenters. The lowest BCUT2D eigenvalue weighted by molar-refractivity contribution is -0.116. The lowest BCUT2D eigenvalue weighted by Crippen LogP contribution is -2.30. The maximum absolute atomic E-state index is 14.5. The number of methoxy groups -OCH3 is 2. The molecule has 250 valence electrons. The Hall–Kier alpha value is -5.46. The number of carbonyl (C=O) groups excluding carboxylic acids is 3. The van der Waals surface area contributed by atoms with Gasteiger partial charge in [-0.15, -0.1) is 23.1 Å². The third kappa shape index (κ3) is 9.12. The van der Waals surface area contributed by atoms with E-state index in [-0.39, 0.29) is 17.2 Å². The van der Waals surface area contributed by atoms with Gasteiger partial charge in [-0.3, -0.25) is 14.4 Å². The molecular weight excluding hydrogens is 664 g/mol. The zero-order valence-electron chi connectivity index (χ0n) is 26.9. The van der Waals surface area contributed by atoms with Gasteiger partial charge in [-0.05, 0) is 67.1 Å². The van der Waals surface area contributed by atoms with E-state index in [2.05, 4.69) is 20.9 Å². The average molecular weight is 697 g/mol. The highest BCUT2D eigenvalue weighted by atomic mass is 32.2. The van der Waals surface area contributed by atoms with Gasteiger partial charge < -0.3 is 25.4 Å². The van der Waals surface area contributed by atoms with E-state index in [0.717, 1.165) is 10.5 Å². The fourth-order valence-corrected chi connectivity index (χ4v) is 6.40. The summed E-state index contributed by atoms with van der Waals surface area (Å²) >= 11 is 2.66. The molecule has 5 aromatic rings. The molecule has 0 radical (unpaired) electrons. The van der Waals surface area contributed by atoms with Gasteiger partial charge in [0.05, 0.1) is 25.2 Å². The highest BCUT2D eigenvalue weighted by Gasteiger charge is 2.21. The lowest BCUT2D eigenvalue weighted by Gasteiger charge is -2.15. The van der Waals surface area contributed by atoms with Gasteiger partial charge >= 0.3 is 0 Å². The van der Waals surface area contributed by atoms with Crippen molar-refractivity contribution < 1.29 is 28.2 Å². The largest absolute Gasteiger partial charge is 0.493 e. The predicted octanol–water partition coefficient (Wildman–Crippen LogP) is 7.89. The molecule has 1 unspecified atom stereocenters. The Labute approximate surface area is 291 Å². The van der Waals surface area contributed by atoms with Crippen LogP contribution < -0.4 is 25.4 Å². The molecule has 3 amide bonds. The third-order valence-electron chi connectivity index (χ3n) is 7.18. The van der Waals surface area contributed by atoms with Crippen LogP contribution in [0.15, 0.2) is 113 Å². The van der Waals surface area contributed by atoms with Crippen molar-refractivity contribution in [2.75, 3.05) is 24.9 Å². The molecule has 5 rings (SSSR count). The highest BCUT2D eigenvalue weighted by Crippen LogP contribution is 2.34. The first-order valence-corrected chi connectivity index (χ1v) is 16.9. The van der Waals surface area contributed by atoms with Crippen LogP contribution in [0.5, 0.6) is 11.5 Å². The molecule has 49 heavy (non-hydrogen) atoms. The topological polar surface area (TPSA) is 119 Å². The molecule has 0 aliphatic carbocycles. The number of anilines is 2. The van der Waals surface area contributed by atoms with Gasteiger partial charge in [-0.2, -0.15) is 0 Å². The Kier molecular flexibility index (Phi) is 11.8. The molecule has 0 aliphatic rings. The number of halogens is 1. The van der Waals surface area contributed by atoms with E-state index < -0.39 is 22.9 Å². The van der Waals surface area contributed by atoms with Crippen molar-refractivity contribution in [3.63, 3.8) is 0 Å². The molecule has 12 heteroatoms. The average Bonchev–Trinajstić information content (AvgIpc) is 3.59. The van der Waals surface area contributed by atoms with Crippen molar-refractivity contribution in [3.05, 3.63) is 125 Å². The second-order valence-corrected chi connectivity index (χ2v) is 12.6. The van der Waals surface area contributed by atoms with Crippen molar-refractivity contribution >= 4 is 57.7 Å². The number of hydrogen-bond donors (Lipinski definition) is 3. The van der Waals surface area contributed by atoms with Gasteiger partial charge in [0, 0.05) is 32.7 Å². The number of thiazole rings is 1. The molecule has 1 heterocycles. The van der Waals surface area contributed by atoms with Gasteiger partial charge in [0.1, 0.15) is 11.5 Å². The van der Waals surface area contributed by atoms with Crippen LogP contribution in [0.1, 0.15) is 29.3 Å². The van der Waals surface area contributed by atoms with Crippen molar-refractivity contribution in [2.45, 2.75) is 23.5 Å². The Morgan fingerprint density at radius 2 is 1.65 bits per heavy atom. The summed E-state index contributed by atoms with van der Waals surface area (Å²) in [7, 11) is 3.14. The number of ether oxygens (including phenoxy) is 2. The highest BCUT2D eigenvalue weighted by molar-refractivity contribution is 8.00.